The monoisotopic (exact) mass is 444 g/mol. The number of nitrogens with zero attached hydrogens (tertiary/aromatic N) is 1. The number of hydrogen-bond donors (Lipinski definition) is 2. The maximum Gasteiger partial charge on any atom is 0.260 e. The van der Waals surface area contributed by atoms with Crippen molar-refractivity contribution < 1.29 is 14.7 Å². The summed E-state index contributed by atoms with van der Waals surface area (Å²) >= 11 is 1.27. The van der Waals surface area contributed by atoms with E-state index in [2.05, 4.69) is 18.8 Å². The summed E-state index contributed by atoms with van der Waals surface area (Å²) in [5, 5.41) is 10.00. The van der Waals surface area contributed by atoms with E-state index in [-0.39, 0.29) is 29.4 Å². The molecule has 1 aromatic rings. The Bertz CT molecular complexity index is 858. The van der Waals surface area contributed by atoms with Crippen LogP contribution in [-0.2, 0) is 4.79 Å². The minimum atomic E-state index is -0.519. The van der Waals surface area contributed by atoms with Crippen LogP contribution in [-0.4, -0.2) is 29.1 Å². The van der Waals surface area contributed by atoms with Crippen molar-refractivity contribution in [1.29, 1.82) is 0 Å². The fourth-order valence-corrected chi connectivity index (χ4v) is 5.42. The molecule has 170 valence electrons. The number of amides is 2. The van der Waals surface area contributed by atoms with Gasteiger partial charge in [0.1, 0.15) is 4.88 Å². The number of anilines is 1. The first kappa shape index (κ1) is 23.8. The Morgan fingerprint density at radius 3 is 2.26 bits per heavy atom. The minimum absolute atomic E-state index is 0.0206. The Labute approximate surface area is 190 Å². The predicted octanol–water partition coefficient (Wildman–Crippen LogP) is 4.71. The molecule has 0 saturated heterocycles. The average molecular weight is 445 g/mol. The summed E-state index contributed by atoms with van der Waals surface area (Å²) in [6, 6.07) is 1.85. The summed E-state index contributed by atoms with van der Waals surface area (Å²) in [6.45, 7) is 8.36. The van der Waals surface area contributed by atoms with Crippen LogP contribution in [0.4, 0.5) is 5.69 Å². The molecule has 1 heterocycles. The second-order valence-electron chi connectivity index (χ2n) is 10.3. The molecule has 6 heteroatoms. The van der Waals surface area contributed by atoms with E-state index in [1.165, 1.54) is 11.3 Å². The molecule has 2 aliphatic carbocycles. The standard InChI is InChI=1S/C25H36N2O3S/c1-16-5-7-17(8-6-16)24(30)27(18-9-11-19(28)12-10-18)21-15-20(13-14-25(2,3)4)31-22(21)23(26)29/h15-19,28H,5-12H2,1-4H3,(H2,26,29). The van der Waals surface area contributed by atoms with Crippen LogP contribution in [0.1, 0.15) is 93.6 Å². The zero-order valence-electron chi connectivity index (χ0n) is 19.2. The number of primary amides is 1. The van der Waals surface area contributed by atoms with Crippen LogP contribution in [0.3, 0.4) is 0 Å². The molecule has 0 radical (unpaired) electrons. The molecule has 3 rings (SSSR count). The molecular weight excluding hydrogens is 408 g/mol. The van der Waals surface area contributed by atoms with Crippen molar-refractivity contribution in [2.75, 3.05) is 4.90 Å². The zero-order valence-corrected chi connectivity index (χ0v) is 20.1. The summed E-state index contributed by atoms with van der Waals surface area (Å²) in [5.74, 6) is 6.60. The lowest BCUT2D eigenvalue weighted by molar-refractivity contribution is -0.124. The second-order valence-corrected chi connectivity index (χ2v) is 11.4. The van der Waals surface area contributed by atoms with E-state index in [1.807, 2.05) is 31.7 Å². The lowest BCUT2D eigenvalue weighted by atomic mass is 9.81. The minimum Gasteiger partial charge on any atom is -0.393 e. The van der Waals surface area contributed by atoms with Crippen molar-refractivity contribution in [1.82, 2.24) is 0 Å². The number of carbonyl (C=O) groups excluding carboxylic acids is 2. The van der Waals surface area contributed by atoms with Crippen LogP contribution >= 0.6 is 11.3 Å². The van der Waals surface area contributed by atoms with E-state index in [0.29, 0.717) is 29.3 Å². The normalized spacial score (nSPS) is 26.6. The van der Waals surface area contributed by atoms with Crippen molar-refractivity contribution >= 4 is 28.8 Å². The molecule has 2 amide bonds. The summed E-state index contributed by atoms with van der Waals surface area (Å²) in [4.78, 5) is 29.1. The topological polar surface area (TPSA) is 83.6 Å². The third-order valence-corrected chi connectivity index (χ3v) is 7.44. The highest BCUT2D eigenvalue weighted by Crippen LogP contribution is 2.38. The molecule has 0 aromatic carbocycles. The Morgan fingerprint density at radius 1 is 1.10 bits per heavy atom. The SMILES string of the molecule is CC1CCC(C(=O)N(c2cc(C#CC(C)(C)C)sc2C(N)=O)C2CCC(O)CC2)CC1. The van der Waals surface area contributed by atoms with Crippen LogP contribution in [0.5, 0.6) is 0 Å². The molecule has 0 aliphatic heterocycles. The first-order valence-corrected chi connectivity index (χ1v) is 12.3. The Hall–Kier alpha value is -1.84. The number of nitrogens with two attached hydrogens (primary N) is 1. The Balaban J connectivity index is 1.99. The van der Waals surface area contributed by atoms with Gasteiger partial charge in [-0.05, 0) is 84.1 Å². The quantitative estimate of drug-likeness (QED) is 0.660. The van der Waals surface area contributed by atoms with E-state index in [1.54, 1.807) is 0 Å². The van der Waals surface area contributed by atoms with Crippen LogP contribution in [0.25, 0.3) is 0 Å². The van der Waals surface area contributed by atoms with Gasteiger partial charge < -0.3 is 15.7 Å². The van der Waals surface area contributed by atoms with E-state index >= 15 is 0 Å². The Kier molecular flexibility index (Phi) is 7.49. The molecule has 0 spiro atoms. The van der Waals surface area contributed by atoms with Gasteiger partial charge in [0.05, 0.1) is 16.7 Å². The van der Waals surface area contributed by atoms with Crippen molar-refractivity contribution in [3.8, 4) is 11.8 Å². The van der Waals surface area contributed by atoms with Gasteiger partial charge in [-0.25, -0.2) is 0 Å². The van der Waals surface area contributed by atoms with E-state index in [0.717, 1.165) is 43.4 Å². The van der Waals surface area contributed by atoms with Gasteiger partial charge in [0, 0.05) is 17.4 Å². The first-order valence-electron chi connectivity index (χ1n) is 11.5. The maximum absolute atomic E-state index is 13.8. The highest BCUT2D eigenvalue weighted by Gasteiger charge is 2.37. The highest BCUT2D eigenvalue weighted by molar-refractivity contribution is 7.15. The fourth-order valence-electron chi connectivity index (χ4n) is 4.56. The average Bonchev–Trinajstić information content (AvgIpc) is 3.12. The van der Waals surface area contributed by atoms with E-state index in [9.17, 15) is 14.7 Å². The molecule has 1 aromatic heterocycles. The van der Waals surface area contributed by atoms with Crippen LogP contribution < -0.4 is 10.6 Å². The Morgan fingerprint density at radius 2 is 1.71 bits per heavy atom. The van der Waals surface area contributed by atoms with Gasteiger partial charge in [0.2, 0.25) is 5.91 Å². The van der Waals surface area contributed by atoms with Crippen LogP contribution in [0, 0.1) is 29.1 Å². The molecule has 5 nitrogen and oxygen atoms in total. The maximum atomic E-state index is 13.8. The largest absolute Gasteiger partial charge is 0.393 e. The van der Waals surface area contributed by atoms with Gasteiger partial charge in [-0.3, -0.25) is 9.59 Å². The van der Waals surface area contributed by atoms with Gasteiger partial charge in [-0.15, -0.1) is 11.3 Å². The smallest absolute Gasteiger partial charge is 0.260 e. The lowest BCUT2D eigenvalue weighted by Gasteiger charge is -2.38. The summed E-state index contributed by atoms with van der Waals surface area (Å²) < 4.78 is 0. The van der Waals surface area contributed by atoms with Gasteiger partial charge in [0.25, 0.3) is 5.91 Å². The van der Waals surface area contributed by atoms with E-state index < -0.39 is 5.91 Å². The molecule has 2 fully saturated rings. The predicted molar refractivity (Wildman–Crippen MR) is 126 cm³/mol. The number of rotatable bonds is 4. The van der Waals surface area contributed by atoms with Gasteiger partial charge in [-0.2, -0.15) is 0 Å². The van der Waals surface area contributed by atoms with Crippen LogP contribution in [0.2, 0.25) is 0 Å². The third-order valence-electron chi connectivity index (χ3n) is 6.39. The molecule has 0 atom stereocenters. The van der Waals surface area contributed by atoms with Crippen molar-refractivity contribution in [3.05, 3.63) is 15.8 Å². The molecule has 2 saturated carbocycles. The van der Waals surface area contributed by atoms with Gasteiger partial charge >= 0.3 is 0 Å². The summed E-state index contributed by atoms with van der Waals surface area (Å²) in [7, 11) is 0. The summed E-state index contributed by atoms with van der Waals surface area (Å²) in [5.41, 5.74) is 6.19. The molecule has 0 unspecified atom stereocenters. The van der Waals surface area contributed by atoms with Crippen molar-refractivity contribution in [2.45, 2.75) is 91.2 Å². The molecular formula is C25H36N2O3S. The van der Waals surface area contributed by atoms with E-state index in [4.69, 9.17) is 5.73 Å². The first-order chi connectivity index (χ1) is 14.5. The highest BCUT2D eigenvalue weighted by atomic mass is 32.1. The number of aliphatic hydroxyl groups excluding tert-OH is 1. The second kappa shape index (κ2) is 9.75. The number of thiophene rings is 1. The lowest BCUT2D eigenvalue weighted by Crippen LogP contribution is -2.47. The molecule has 2 aliphatic rings. The van der Waals surface area contributed by atoms with Crippen LogP contribution in [0.15, 0.2) is 6.07 Å². The molecule has 0 bridgehead atoms. The van der Waals surface area contributed by atoms with Crippen molar-refractivity contribution in [2.24, 2.45) is 23.0 Å². The molecule has 3 N–H and O–H groups in total. The third kappa shape index (κ3) is 6.11. The zero-order chi connectivity index (χ0) is 22.8. The fraction of sp³-hybridized carbons (Fsp3) is 0.680. The number of aliphatic hydroxyl groups is 1. The number of hydrogen-bond acceptors (Lipinski definition) is 4. The summed E-state index contributed by atoms with van der Waals surface area (Å²) in [6.07, 6.45) is 6.38. The van der Waals surface area contributed by atoms with Gasteiger partial charge in [-0.1, -0.05) is 18.8 Å². The van der Waals surface area contributed by atoms with Crippen molar-refractivity contribution in [3.63, 3.8) is 0 Å². The van der Waals surface area contributed by atoms with Gasteiger partial charge in [0.15, 0.2) is 0 Å². The molecule has 31 heavy (non-hydrogen) atoms. The number of carbonyl (C=O) groups is 2.